The maximum atomic E-state index is 4.19. The van der Waals surface area contributed by atoms with E-state index in [0.717, 1.165) is 10.9 Å². The van der Waals surface area contributed by atoms with E-state index < -0.39 is 0 Å². The van der Waals surface area contributed by atoms with Crippen LogP contribution in [0.15, 0.2) is 104 Å². The Morgan fingerprint density at radius 2 is 1.49 bits per heavy atom. The highest BCUT2D eigenvalue weighted by Crippen LogP contribution is 2.41. The van der Waals surface area contributed by atoms with Gasteiger partial charge in [-0.2, -0.15) is 10.2 Å². The van der Waals surface area contributed by atoms with Crippen LogP contribution in [-0.4, -0.2) is 15.2 Å². The van der Waals surface area contributed by atoms with Gasteiger partial charge in [-0.3, -0.25) is 4.98 Å². The molecule has 3 heteroatoms. The molecule has 6 aromatic rings. The van der Waals surface area contributed by atoms with E-state index in [1.165, 1.54) is 51.9 Å². The number of pyridine rings is 1. The van der Waals surface area contributed by atoms with E-state index in [4.69, 9.17) is 0 Å². The van der Waals surface area contributed by atoms with Crippen molar-refractivity contribution < 1.29 is 0 Å². The minimum Gasteiger partial charge on any atom is -0.265 e. The van der Waals surface area contributed by atoms with Gasteiger partial charge in [0.05, 0.1) is 11.7 Å². The summed E-state index contributed by atoms with van der Waals surface area (Å²) < 4.78 is 0. The molecule has 2 aromatic heterocycles. The lowest BCUT2D eigenvalue weighted by Gasteiger charge is -2.25. The maximum absolute atomic E-state index is 4.19. The molecule has 4 aromatic carbocycles. The van der Waals surface area contributed by atoms with Crippen LogP contribution < -0.4 is 0 Å². The maximum Gasteiger partial charge on any atom is 0.0929 e. The van der Waals surface area contributed by atoms with Gasteiger partial charge < -0.3 is 0 Å². The monoisotopic (exact) mass is 453 g/mol. The lowest BCUT2D eigenvalue weighted by molar-refractivity contribution is 0.593. The Morgan fingerprint density at radius 3 is 2.34 bits per heavy atom. The lowest BCUT2D eigenvalue weighted by atomic mass is 9.80. The highest BCUT2D eigenvalue weighted by molar-refractivity contribution is 6.14. The second-order valence-corrected chi connectivity index (χ2v) is 9.32. The minimum atomic E-state index is 0.670. The number of hydrogen-bond acceptors (Lipinski definition) is 3. The number of aryl methyl sites for hydroxylation is 1. The van der Waals surface area contributed by atoms with Crippen LogP contribution in [0.5, 0.6) is 0 Å². The molecule has 0 saturated heterocycles. The van der Waals surface area contributed by atoms with E-state index in [1.807, 2.05) is 42.7 Å². The molecule has 1 atom stereocenters. The zero-order chi connectivity index (χ0) is 23.6. The molecule has 170 valence electrons. The summed E-state index contributed by atoms with van der Waals surface area (Å²) in [5.41, 5.74) is 6.63. The smallest absolute Gasteiger partial charge is 0.0929 e. The Kier molecular flexibility index (Phi) is 5.67. The number of nitrogens with zero attached hydrogens (tertiary/aromatic N) is 3. The van der Waals surface area contributed by atoms with Crippen molar-refractivity contribution in [3.8, 4) is 11.1 Å². The molecule has 0 saturated carbocycles. The highest BCUT2D eigenvalue weighted by atomic mass is 15.1. The van der Waals surface area contributed by atoms with Crippen LogP contribution in [0, 0.1) is 0 Å². The first-order chi connectivity index (χ1) is 17.3. The summed E-state index contributed by atoms with van der Waals surface area (Å²) in [5.74, 6) is 0.670. The molecule has 35 heavy (non-hydrogen) atoms. The third-order valence-electron chi connectivity index (χ3n) is 7.20. The average Bonchev–Trinajstić information content (AvgIpc) is 2.93. The fourth-order valence-corrected chi connectivity index (χ4v) is 5.44. The van der Waals surface area contributed by atoms with Crippen LogP contribution in [0.1, 0.15) is 36.8 Å². The molecule has 0 bridgehead atoms. The molecule has 0 spiro atoms. The molecule has 1 aliphatic carbocycles. The third kappa shape index (κ3) is 4.04. The van der Waals surface area contributed by atoms with Gasteiger partial charge in [0.15, 0.2) is 0 Å². The number of rotatable bonds is 1. The van der Waals surface area contributed by atoms with Crippen molar-refractivity contribution >= 4 is 32.4 Å². The van der Waals surface area contributed by atoms with Gasteiger partial charge in [0, 0.05) is 17.8 Å². The highest BCUT2D eigenvalue weighted by Gasteiger charge is 2.20. The van der Waals surface area contributed by atoms with Crippen molar-refractivity contribution in [3.05, 3.63) is 115 Å². The molecule has 2 heterocycles. The van der Waals surface area contributed by atoms with Crippen molar-refractivity contribution in [2.24, 2.45) is 0 Å². The Morgan fingerprint density at radius 1 is 0.714 bits per heavy atom. The first-order valence-corrected chi connectivity index (χ1v) is 12.3. The lowest BCUT2D eigenvalue weighted by Crippen LogP contribution is -2.07. The Labute approximate surface area is 205 Å². The second kappa shape index (κ2) is 9.27. The van der Waals surface area contributed by atoms with Crippen molar-refractivity contribution in [3.63, 3.8) is 0 Å². The van der Waals surface area contributed by atoms with Gasteiger partial charge in [0.25, 0.3) is 0 Å². The zero-order valence-electron chi connectivity index (χ0n) is 19.9. The Bertz CT molecular complexity index is 1570. The number of hydrogen-bond donors (Lipinski definition) is 0. The summed E-state index contributed by atoms with van der Waals surface area (Å²) in [4.78, 5) is 4.19. The van der Waals surface area contributed by atoms with E-state index >= 15 is 0 Å². The summed E-state index contributed by atoms with van der Waals surface area (Å²) in [6, 6.07) is 30.0. The SMILES string of the molecule is CC1CCCc2c1ccc1c2cc(-c2ccncc2)c2ccccc21.c1ccc2nnccc2c1. The van der Waals surface area contributed by atoms with Crippen molar-refractivity contribution in [1.82, 2.24) is 15.2 Å². The van der Waals surface area contributed by atoms with Crippen LogP contribution in [0.25, 0.3) is 43.6 Å². The first-order valence-electron chi connectivity index (χ1n) is 12.3. The summed E-state index contributed by atoms with van der Waals surface area (Å²) in [7, 11) is 0. The van der Waals surface area contributed by atoms with E-state index in [9.17, 15) is 0 Å². The standard InChI is InChI=1S/C24H21N.C8H6N2/c1-16-5-4-8-19-18(16)9-10-22-20-6-2-3-7-21(20)23(15-24(19)22)17-11-13-25-14-12-17;1-2-4-8-7(3-1)5-6-9-10-8/h2-3,6-7,9-16H,4-5,8H2,1H3;1-6H. The number of aromatic nitrogens is 3. The molecule has 7 rings (SSSR count). The van der Waals surface area contributed by atoms with E-state index in [2.05, 4.69) is 76.7 Å². The fraction of sp³-hybridized carbons (Fsp3) is 0.156. The van der Waals surface area contributed by atoms with Crippen LogP contribution in [0.3, 0.4) is 0 Å². The topological polar surface area (TPSA) is 38.7 Å². The van der Waals surface area contributed by atoms with Gasteiger partial charge >= 0.3 is 0 Å². The molecule has 0 N–H and O–H groups in total. The number of benzene rings is 4. The van der Waals surface area contributed by atoms with Gasteiger partial charge in [0.2, 0.25) is 0 Å². The molecule has 3 nitrogen and oxygen atoms in total. The summed E-state index contributed by atoms with van der Waals surface area (Å²) in [6.07, 6.45) is 9.27. The summed E-state index contributed by atoms with van der Waals surface area (Å²) in [6.45, 7) is 2.37. The first kappa shape index (κ1) is 21.4. The Hall–Kier alpha value is -4.11. The summed E-state index contributed by atoms with van der Waals surface area (Å²) >= 11 is 0. The molecule has 0 fully saturated rings. The molecular formula is C32H27N3. The van der Waals surface area contributed by atoms with E-state index in [1.54, 1.807) is 17.3 Å². The molecular weight excluding hydrogens is 426 g/mol. The molecule has 1 aliphatic rings. The minimum absolute atomic E-state index is 0.670. The largest absolute Gasteiger partial charge is 0.265 e. The van der Waals surface area contributed by atoms with E-state index in [-0.39, 0.29) is 0 Å². The fourth-order valence-electron chi connectivity index (χ4n) is 5.44. The van der Waals surface area contributed by atoms with Crippen LogP contribution in [0.4, 0.5) is 0 Å². The molecule has 0 radical (unpaired) electrons. The zero-order valence-corrected chi connectivity index (χ0v) is 19.9. The summed E-state index contributed by atoms with van der Waals surface area (Å²) in [5, 5.41) is 14.3. The normalized spacial score (nSPS) is 14.9. The van der Waals surface area contributed by atoms with Crippen molar-refractivity contribution in [2.75, 3.05) is 0 Å². The van der Waals surface area contributed by atoms with Gasteiger partial charge in [-0.25, -0.2) is 0 Å². The Balaban J connectivity index is 0.000000191. The van der Waals surface area contributed by atoms with Gasteiger partial charge in [0.1, 0.15) is 0 Å². The van der Waals surface area contributed by atoms with Crippen molar-refractivity contribution in [2.45, 2.75) is 32.1 Å². The van der Waals surface area contributed by atoms with Crippen LogP contribution >= 0.6 is 0 Å². The predicted molar refractivity (Wildman–Crippen MR) is 146 cm³/mol. The molecule has 0 aliphatic heterocycles. The van der Waals surface area contributed by atoms with Crippen molar-refractivity contribution in [1.29, 1.82) is 0 Å². The molecule has 0 amide bonds. The second-order valence-electron chi connectivity index (χ2n) is 9.32. The number of fused-ring (bicyclic) bond motifs is 6. The van der Waals surface area contributed by atoms with Crippen LogP contribution in [-0.2, 0) is 6.42 Å². The average molecular weight is 454 g/mol. The van der Waals surface area contributed by atoms with Crippen LogP contribution in [0.2, 0.25) is 0 Å². The van der Waals surface area contributed by atoms with Gasteiger partial charge in [-0.1, -0.05) is 61.5 Å². The quantitative estimate of drug-likeness (QED) is 0.236. The van der Waals surface area contributed by atoms with Gasteiger partial charge in [-0.05, 0) is 99.3 Å². The predicted octanol–water partition coefficient (Wildman–Crippen LogP) is 8.12. The third-order valence-corrected chi connectivity index (χ3v) is 7.20. The van der Waals surface area contributed by atoms with E-state index in [0.29, 0.717) is 5.92 Å². The van der Waals surface area contributed by atoms with Gasteiger partial charge in [-0.15, -0.1) is 0 Å². The molecule has 1 unspecified atom stereocenters.